The molecule has 0 bridgehead atoms. The molecule has 17 heavy (non-hydrogen) atoms. The summed E-state index contributed by atoms with van der Waals surface area (Å²) in [4.78, 5) is 12.1. The number of hydrogen-bond acceptors (Lipinski definition) is 4. The summed E-state index contributed by atoms with van der Waals surface area (Å²) in [6.45, 7) is 1.93. The molecule has 1 heterocycles. The van der Waals surface area contributed by atoms with Crippen molar-refractivity contribution in [2.45, 2.75) is 12.0 Å². The maximum atomic E-state index is 12.1. The zero-order valence-electron chi connectivity index (χ0n) is 9.10. The number of aliphatic hydroxyl groups excluding tert-OH is 1. The highest BCUT2D eigenvalue weighted by molar-refractivity contribution is 7.99. The Labute approximate surface area is 107 Å². The van der Waals surface area contributed by atoms with E-state index in [4.69, 9.17) is 16.6 Å². The number of fused-ring (bicyclic) bond motifs is 1. The predicted octanol–water partition coefficient (Wildman–Crippen LogP) is 3.14. The van der Waals surface area contributed by atoms with Gasteiger partial charge in [0.15, 0.2) is 10.1 Å². The summed E-state index contributed by atoms with van der Waals surface area (Å²) in [5.74, 6) is 0.733. The molecule has 0 atom stereocenters. The Balaban J connectivity index is 2.84. The lowest BCUT2D eigenvalue weighted by Gasteiger charge is -2.06. The minimum atomic E-state index is -0.416. The summed E-state index contributed by atoms with van der Waals surface area (Å²) >= 11 is 6.04. The second kappa shape index (κ2) is 4.89. The van der Waals surface area contributed by atoms with Gasteiger partial charge >= 0.3 is 0 Å². The molecule has 0 amide bonds. The molecule has 5 heteroatoms. The molecule has 0 unspecified atom stereocenters. The van der Waals surface area contributed by atoms with Gasteiger partial charge in [0.05, 0.1) is 5.39 Å². The second-order valence-corrected chi connectivity index (χ2v) is 4.95. The third-order valence-electron chi connectivity index (χ3n) is 2.25. The lowest BCUT2D eigenvalue weighted by Crippen LogP contribution is -2.15. The van der Waals surface area contributed by atoms with Gasteiger partial charge in [0.2, 0.25) is 5.43 Å². The van der Waals surface area contributed by atoms with Gasteiger partial charge in [-0.15, -0.1) is 0 Å². The topological polar surface area (TPSA) is 50.4 Å². The average molecular weight is 266 g/mol. The average Bonchev–Trinajstić information content (AvgIpc) is 2.29. The van der Waals surface area contributed by atoms with E-state index in [1.807, 2.05) is 6.92 Å². The highest BCUT2D eigenvalue weighted by Crippen LogP contribution is 2.25. The van der Waals surface area contributed by atoms with Crippen LogP contribution in [0.3, 0.4) is 0 Å². The van der Waals surface area contributed by atoms with Crippen LogP contribution >= 0.6 is 24.0 Å². The highest BCUT2D eigenvalue weighted by Gasteiger charge is 2.17. The lowest BCUT2D eigenvalue weighted by molar-refractivity contribution is 0.488. The fraction of sp³-hybridized carbons (Fsp3) is 0.167. The van der Waals surface area contributed by atoms with E-state index in [1.165, 1.54) is 11.8 Å². The fourth-order valence-electron chi connectivity index (χ4n) is 1.54. The molecule has 0 aliphatic carbocycles. The van der Waals surface area contributed by atoms with Crippen molar-refractivity contribution in [2.24, 2.45) is 0 Å². The molecular formula is C12H10O3S2. The van der Waals surface area contributed by atoms with E-state index in [2.05, 4.69) is 0 Å². The Bertz CT molecular complexity index is 631. The fourth-order valence-corrected chi connectivity index (χ4v) is 2.53. The summed E-state index contributed by atoms with van der Waals surface area (Å²) in [7, 11) is 0. The van der Waals surface area contributed by atoms with Crippen LogP contribution in [0.5, 0.6) is 0 Å². The molecule has 0 aliphatic heterocycles. The zero-order chi connectivity index (χ0) is 12.4. The van der Waals surface area contributed by atoms with Crippen molar-refractivity contribution in [3.8, 4) is 0 Å². The maximum absolute atomic E-state index is 12.1. The van der Waals surface area contributed by atoms with Gasteiger partial charge in [-0.1, -0.05) is 30.8 Å². The van der Waals surface area contributed by atoms with E-state index in [0.29, 0.717) is 16.1 Å². The SMILES string of the molecule is CCSc1oc2ccccc2c(=O)c1C(O)=S. The van der Waals surface area contributed by atoms with Gasteiger partial charge in [-0.25, -0.2) is 0 Å². The third-order valence-corrected chi connectivity index (χ3v) is 3.30. The standard InChI is InChI=1S/C12H10O3S2/c1-2-17-12-9(11(14)16)10(13)7-5-3-4-6-8(7)15-12/h3-6H,2H2,1H3,(H,14,16). The van der Waals surface area contributed by atoms with Crippen LogP contribution in [-0.4, -0.2) is 15.9 Å². The minimum absolute atomic E-state index is 0.0885. The number of rotatable bonds is 3. The molecule has 1 N–H and O–H groups in total. The van der Waals surface area contributed by atoms with Crippen LogP contribution < -0.4 is 5.43 Å². The Hall–Kier alpha value is -1.33. The van der Waals surface area contributed by atoms with Crippen molar-refractivity contribution in [3.63, 3.8) is 0 Å². The van der Waals surface area contributed by atoms with Crippen molar-refractivity contribution in [3.05, 3.63) is 40.1 Å². The summed E-state index contributed by atoms with van der Waals surface area (Å²) < 4.78 is 5.59. The van der Waals surface area contributed by atoms with Crippen molar-refractivity contribution in [1.82, 2.24) is 0 Å². The Kier molecular flexibility index (Phi) is 3.49. The number of hydrogen-bond donors (Lipinski definition) is 1. The molecule has 3 nitrogen and oxygen atoms in total. The van der Waals surface area contributed by atoms with Gasteiger partial charge in [0.1, 0.15) is 11.1 Å². The second-order valence-electron chi connectivity index (χ2n) is 3.33. The first-order chi connectivity index (χ1) is 8.15. The van der Waals surface area contributed by atoms with Crippen LogP contribution in [0.1, 0.15) is 12.5 Å². The van der Waals surface area contributed by atoms with Crippen molar-refractivity contribution in [1.29, 1.82) is 0 Å². The summed E-state index contributed by atoms with van der Waals surface area (Å²) in [5.41, 5.74) is 0.314. The minimum Gasteiger partial charge on any atom is -0.498 e. The molecule has 2 rings (SSSR count). The van der Waals surface area contributed by atoms with Crippen molar-refractivity contribution >= 4 is 40.0 Å². The molecule has 0 fully saturated rings. The molecule has 1 aromatic carbocycles. The summed E-state index contributed by atoms with van der Waals surface area (Å²) in [6.07, 6.45) is 0. The number of para-hydroxylation sites is 1. The quantitative estimate of drug-likeness (QED) is 0.683. The van der Waals surface area contributed by atoms with Gasteiger partial charge in [0, 0.05) is 0 Å². The number of thioether (sulfide) groups is 1. The largest absolute Gasteiger partial charge is 0.498 e. The smallest absolute Gasteiger partial charge is 0.205 e. The van der Waals surface area contributed by atoms with E-state index in [9.17, 15) is 9.90 Å². The molecule has 2 aromatic rings. The zero-order valence-corrected chi connectivity index (χ0v) is 10.7. The summed E-state index contributed by atoms with van der Waals surface area (Å²) in [5, 5.41) is 9.82. The van der Waals surface area contributed by atoms with Crippen LogP contribution in [-0.2, 0) is 0 Å². The maximum Gasteiger partial charge on any atom is 0.205 e. The third kappa shape index (κ3) is 2.21. The Morgan fingerprint density at radius 1 is 1.47 bits per heavy atom. The van der Waals surface area contributed by atoms with Crippen LogP contribution in [0.2, 0.25) is 0 Å². The van der Waals surface area contributed by atoms with E-state index in [1.54, 1.807) is 24.3 Å². The van der Waals surface area contributed by atoms with Gasteiger partial charge < -0.3 is 9.52 Å². The molecule has 0 saturated heterocycles. The van der Waals surface area contributed by atoms with Crippen LogP contribution in [0, 0.1) is 0 Å². The molecule has 0 aliphatic rings. The highest BCUT2D eigenvalue weighted by atomic mass is 32.2. The molecule has 0 saturated carbocycles. The van der Waals surface area contributed by atoms with Gasteiger partial charge in [-0.05, 0) is 30.1 Å². The molecule has 88 valence electrons. The lowest BCUT2D eigenvalue weighted by atomic mass is 10.2. The van der Waals surface area contributed by atoms with Gasteiger partial charge in [0.25, 0.3) is 0 Å². The van der Waals surface area contributed by atoms with Crippen LogP contribution in [0.25, 0.3) is 11.0 Å². The molecule has 0 radical (unpaired) electrons. The van der Waals surface area contributed by atoms with E-state index in [0.717, 1.165) is 5.75 Å². The Morgan fingerprint density at radius 2 is 2.18 bits per heavy atom. The number of thiocarbonyl (C=S) groups is 1. The normalized spacial score (nSPS) is 10.6. The molecule has 1 aromatic heterocycles. The van der Waals surface area contributed by atoms with Crippen LogP contribution in [0.4, 0.5) is 0 Å². The number of benzene rings is 1. The molecular weight excluding hydrogens is 256 g/mol. The molecule has 0 spiro atoms. The van der Waals surface area contributed by atoms with Crippen molar-refractivity contribution in [2.75, 3.05) is 5.75 Å². The van der Waals surface area contributed by atoms with E-state index in [-0.39, 0.29) is 11.0 Å². The predicted molar refractivity (Wildman–Crippen MR) is 73.2 cm³/mol. The first-order valence-corrected chi connectivity index (χ1v) is 6.46. The van der Waals surface area contributed by atoms with Crippen LogP contribution in [0.15, 0.2) is 38.6 Å². The van der Waals surface area contributed by atoms with E-state index < -0.39 is 5.05 Å². The van der Waals surface area contributed by atoms with Crippen molar-refractivity contribution < 1.29 is 9.52 Å². The van der Waals surface area contributed by atoms with E-state index >= 15 is 0 Å². The van der Waals surface area contributed by atoms with Gasteiger partial charge in [-0.2, -0.15) is 0 Å². The Morgan fingerprint density at radius 3 is 2.82 bits per heavy atom. The first-order valence-electron chi connectivity index (χ1n) is 5.07. The first kappa shape index (κ1) is 12.1. The summed E-state index contributed by atoms with van der Waals surface area (Å²) in [6, 6.07) is 6.92. The monoisotopic (exact) mass is 266 g/mol. The number of aliphatic hydroxyl groups is 1. The van der Waals surface area contributed by atoms with Gasteiger partial charge in [-0.3, -0.25) is 4.79 Å².